The topological polar surface area (TPSA) is 26.0 Å². The summed E-state index contributed by atoms with van der Waals surface area (Å²) < 4.78 is 0. The number of hydrogen-bond donors (Lipinski definition) is 1. The van der Waals surface area contributed by atoms with Gasteiger partial charge in [0.05, 0.1) is 0 Å². The minimum Gasteiger partial charge on any atom is -0.343 e. The van der Waals surface area contributed by atoms with Crippen LogP contribution in [-0.4, -0.2) is 6.54 Å². The third-order valence-electron chi connectivity index (χ3n) is 1.70. The van der Waals surface area contributed by atoms with E-state index in [0.717, 1.165) is 13.0 Å². The van der Waals surface area contributed by atoms with Crippen molar-refractivity contribution in [3.8, 4) is 0 Å². The standard InChI is InChI=1S/C9H20N.Ag/c1-2-3-4-5-6-7-8-9-10;/h1-10H2;/q-1;+1. The molecule has 0 aromatic heterocycles. The Bertz CT molecular complexity index is 49.5. The monoisotopic (exact) mass is 249 g/mol. The van der Waals surface area contributed by atoms with Gasteiger partial charge in [0.25, 0.3) is 0 Å². The van der Waals surface area contributed by atoms with Crippen LogP contribution in [0.3, 0.4) is 0 Å². The van der Waals surface area contributed by atoms with E-state index in [9.17, 15) is 0 Å². The molecule has 0 saturated heterocycles. The Hall–Kier alpha value is 0.700. The molecule has 0 heterocycles. The van der Waals surface area contributed by atoms with Crippen molar-refractivity contribution < 1.29 is 22.4 Å². The van der Waals surface area contributed by atoms with Crippen LogP contribution in [0.2, 0.25) is 0 Å². The van der Waals surface area contributed by atoms with E-state index in [1.54, 1.807) is 0 Å². The van der Waals surface area contributed by atoms with Crippen molar-refractivity contribution in [1.82, 2.24) is 0 Å². The first kappa shape index (κ1) is 14.2. The van der Waals surface area contributed by atoms with Crippen LogP contribution in [0.25, 0.3) is 0 Å². The van der Waals surface area contributed by atoms with Crippen molar-refractivity contribution in [2.45, 2.75) is 44.9 Å². The normalized spacial score (nSPS) is 9.27. The molecule has 0 aliphatic heterocycles. The maximum atomic E-state index is 5.36. The predicted octanol–water partition coefficient (Wildman–Crippen LogP) is 2.51. The molecule has 0 amide bonds. The van der Waals surface area contributed by atoms with Crippen LogP contribution in [0.4, 0.5) is 0 Å². The van der Waals surface area contributed by atoms with E-state index >= 15 is 0 Å². The Kier molecular flexibility index (Phi) is 17.2. The van der Waals surface area contributed by atoms with Gasteiger partial charge in [0.2, 0.25) is 0 Å². The zero-order valence-electron chi connectivity index (χ0n) is 7.24. The molecule has 0 radical (unpaired) electrons. The minimum atomic E-state index is 0. The molecular weight excluding hydrogens is 230 g/mol. The maximum Gasteiger partial charge on any atom is 1.00 e. The third kappa shape index (κ3) is 13.7. The van der Waals surface area contributed by atoms with Crippen molar-refractivity contribution in [3.63, 3.8) is 0 Å². The van der Waals surface area contributed by atoms with Gasteiger partial charge >= 0.3 is 22.4 Å². The van der Waals surface area contributed by atoms with Gasteiger partial charge in [0.15, 0.2) is 0 Å². The quantitative estimate of drug-likeness (QED) is 0.419. The van der Waals surface area contributed by atoms with Gasteiger partial charge < -0.3 is 12.7 Å². The van der Waals surface area contributed by atoms with E-state index in [2.05, 4.69) is 6.92 Å². The number of hydrogen-bond acceptors (Lipinski definition) is 1. The molecular formula is C9H20AgN. The van der Waals surface area contributed by atoms with Crippen molar-refractivity contribution in [3.05, 3.63) is 6.92 Å². The van der Waals surface area contributed by atoms with E-state index < -0.39 is 0 Å². The van der Waals surface area contributed by atoms with Crippen LogP contribution < -0.4 is 5.73 Å². The maximum absolute atomic E-state index is 5.36. The molecule has 11 heavy (non-hydrogen) atoms. The second-order valence-electron chi connectivity index (χ2n) is 2.76. The van der Waals surface area contributed by atoms with Crippen LogP contribution >= 0.6 is 0 Å². The van der Waals surface area contributed by atoms with E-state index in [0.29, 0.717) is 0 Å². The SMILES string of the molecule is [Ag+].[CH2-]CCCCCCCCN. The van der Waals surface area contributed by atoms with E-state index in [-0.39, 0.29) is 22.4 Å². The second kappa shape index (κ2) is 13.3. The Balaban J connectivity index is 0. The fourth-order valence-corrected chi connectivity index (χ4v) is 1.03. The van der Waals surface area contributed by atoms with Crippen LogP contribution in [0, 0.1) is 6.92 Å². The zero-order chi connectivity index (χ0) is 7.66. The fourth-order valence-electron chi connectivity index (χ4n) is 1.03. The van der Waals surface area contributed by atoms with Gasteiger partial charge in [0, 0.05) is 0 Å². The Morgan fingerprint density at radius 1 is 0.818 bits per heavy atom. The van der Waals surface area contributed by atoms with E-state index in [1.807, 2.05) is 0 Å². The summed E-state index contributed by atoms with van der Waals surface area (Å²) in [6.45, 7) is 4.66. The number of rotatable bonds is 7. The summed E-state index contributed by atoms with van der Waals surface area (Å²) in [5, 5.41) is 0. The summed E-state index contributed by atoms with van der Waals surface area (Å²) in [5.41, 5.74) is 5.36. The predicted molar refractivity (Wildman–Crippen MR) is 46.7 cm³/mol. The van der Waals surface area contributed by atoms with Gasteiger partial charge in [-0.3, -0.25) is 0 Å². The van der Waals surface area contributed by atoms with Crippen molar-refractivity contribution in [1.29, 1.82) is 0 Å². The van der Waals surface area contributed by atoms with Crippen molar-refractivity contribution >= 4 is 0 Å². The smallest absolute Gasteiger partial charge is 0.343 e. The molecule has 2 heteroatoms. The average Bonchev–Trinajstić information content (AvgIpc) is 1.97. The molecule has 0 aromatic carbocycles. The van der Waals surface area contributed by atoms with Crippen LogP contribution in [0.5, 0.6) is 0 Å². The summed E-state index contributed by atoms with van der Waals surface area (Å²) in [5.74, 6) is 0. The van der Waals surface area contributed by atoms with Gasteiger partial charge in [-0.05, 0) is 13.0 Å². The average molecular weight is 250 g/mol. The Morgan fingerprint density at radius 3 is 1.73 bits per heavy atom. The van der Waals surface area contributed by atoms with E-state index in [4.69, 9.17) is 5.73 Å². The molecule has 1 nitrogen and oxygen atoms in total. The molecule has 0 atom stereocenters. The Labute approximate surface area is 86.6 Å². The molecule has 0 spiro atoms. The summed E-state index contributed by atoms with van der Waals surface area (Å²) in [6.07, 6.45) is 8.98. The molecule has 0 aliphatic rings. The van der Waals surface area contributed by atoms with Crippen molar-refractivity contribution in [2.75, 3.05) is 6.54 Å². The molecule has 0 bridgehead atoms. The molecule has 0 unspecified atom stereocenters. The number of unbranched alkanes of at least 4 members (excludes halogenated alkanes) is 6. The van der Waals surface area contributed by atoms with Crippen LogP contribution in [0.15, 0.2) is 0 Å². The van der Waals surface area contributed by atoms with Gasteiger partial charge in [-0.2, -0.15) is 6.42 Å². The molecule has 0 fully saturated rings. The van der Waals surface area contributed by atoms with Gasteiger partial charge in [-0.1, -0.05) is 32.1 Å². The zero-order valence-corrected chi connectivity index (χ0v) is 8.73. The molecule has 0 aliphatic carbocycles. The summed E-state index contributed by atoms with van der Waals surface area (Å²) in [6, 6.07) is 0. The molecule has 2 N–H and O–H groups in total. The summed E-state index contributed by atoms with van der Waals surface area (Å²) in [4.78, 5) is 0. The van der Waals surface area contributed by atoms with Gasteiger partial charge in [-0.25, -0.2) is 0 Å². The molecule has 72 valence electrons. The largest absolute Gasteiger partial charge is 1.00 e. The number of nitrogens with two attached hydrogens (primary N) is 1. The first-order valence-corrected chi connectivity index (χ1v) is 4.41. The van der Waals surface area contributed by atoms with Crippen molar-refractivity contribution in [2.24, 2.45) is 5.73 Å². The second-order valence-corrected chi connectivity index (χ2v) is 2.76. The van der Waals surface area contributed by atoms with Gasteiger partial charge in [0.1, 0.15) is 0 Å². The summed E-state index contributed by atoms with van der Waals surface area (Å²) in [7, 11) is 0. The Morgan fingerprint density at radius 2 is 1.27 bits per heavy atom. The van der Waals surface area contributed by atoms with Gasteiger partial charge in [-0.15, -0.1) is 0 Å². The minimum absolute atomic E-state index is 0. The molecule has 0 rings (SSSR count). The molecule has 0 saturated carbocycles. The summed E-state index contributed by atoms with van der Waals surface area (Å²) >= 11 is 0. The third-order valence-corrected chi connectivity index (χ3v) is 1.70. The van der Waals surface area contributed by atoms with Crippen LogP contribution in [-0.2, 0) is 22.4 Å². The first-order chi connectivity index (χ1) is 4.91. The first-order valence-electron chi connectivity index (χ1n) is 4.41. The van der Waals surface area contributed by atoms with E-state index in [1.165, 1.54) is 38.5 Å². The fraction of sp³-hybridized carbons (Fsp3) is 0.889. The van der Waals surface area contributed by atoms with Crippen LogP contribution in [0.1, 0.15) is 44.9 Å². The molecule has 0 aromatic rings.